The van der Waals surface area contributed by atoms with Crippen molar-refractivity contribution in [2.45, 2.75) is 32.2 Å². The van der Waals surface area contributed by atoms with Crippen molar-refractivity contribution in [1.82, 2.24) is 19.9 Å². The van der Waals surface area contributed by atoms with Gasteiger partial charge in [0.2, 0.25) is 0 Å². The van der Waals surface area contributed by atoms with Gasteiger partial charge >= 0.3 is 0 Å². The molecule has 0 bridgehead atoms. The van der Waals surface area contributed by atoms with Gasteiger partial charge in [0.05, 0.1) is 16.6 Å². The van der Waals surface area contributed by atoms with E-state index in [0.29, 0.717) is 6.04 Å². The fraction of sp³-hybridized carbons (Fsp3) is 0.304. The smallest absolute Gasteiger partial charge is 0.108 e. The molecule has 1 aliphatic rings. The highest BCUT2D eigenvalue weighted by molar-refractivity contribution is 5.95. The topological polar surface area (TPSA) is 44.8 Å². The van der Waals surface area contributed by atoms with Gasteiger partial charge in [-0.05, 0) is 50.1 Å². The summed E-state index contributed by atoms with van der Waals surface area (Å²) in [6.07, 6.45) is 5.48. The molecule has 1 aliphatic heterocycles. The third-order valence-corrected chi connectivity index (χ3v) is 5.80. The van der Waals surface area contributed by atoms with Crippen LogP contribution in [0.2, 0.25) is 0 Å². The predicted octanol–water partition coefficient (Wildman–Crippen LogP) is 4.80. The van der Waals surface area contributed by atoms with Gasteiger partial charge in [0.25, 0.3) is 0 Å². The molecule has 3 heterocycles. The van der Waals surface area contributed by atoms with Crippen LogP contribution in [0.4, 0.5) is 0 Å². The molecule has 0 amide bonds. The van der Waals surface area contributed by atoms with Crippen molar-refractivity contribution in [2.24, 2.45) is 0 Å². The second-order valence-corrected chi connectivity index (χ2v) is 7.57. The van der Waals surface area contributed by atoms with E-state index in [9.17, 15) is 0 Å². The highest BCUT2D eigenvalue weighted by atomic mass is 15.2. The molecule has 5 rings (SSSR count). The van der Waals surface area contributed by atoms with Crippen LogP contribution in [0.3, 0.4) is 0 Å². The Bertz CT molecular complexity index is 1090. The lowest BCUT2D eigenvalue weighted by Crippen LogP contribution is -2.29. The number of H-pyrrole nitrogens is 1. The largest absolute Gasteiger partial charge is 0.342 e. The van der Waals surface area contributed by atoms with E-state index in [-0.39, 0.29) is 0 Å². The van der Waals surface area contributed by atoms with E-state index in [4.69, 9.17) is 4.98 Å². The molecule has 1 fully saturated rings. The molecular weight excluding hydrogens is 332 g/mol. The number of pyridine rings is 1. The summed E-state index contributed by atoms with van der Waals surface area (Å²) in [6.45, 7) is 4.64. The molecule has 4 aromatic rings. The van der Waals surface area contributed by atoms with E-state index in [1.807, 2.05) is 12.3 Å². The minimum absolute atomic E-state index is 0.708. The van der Waals surface area contributed by atoms with E-state index in [1.54, 1.807) is 0 Å². The summed E-state index contributed by atoms with van der Waals surface area (Å²) in [5.41, 5.74) is 5.52. The SMILES string of the molecule is CC1CCCN1CCc1nc2ccc(-c3cccc4cccnc34)cc2[nH]1. The molecule has 27 heavy (non-hydrogen) atoms. The number of nitrogens with one attached hydrogen (secondary N) is 1. The first-order valence-electron chi connectivity index (χ1n) is 9.85. The average Bonchev–Trinajstić information content (AvgIpc) is 3.30. The summed E-state index contributed by atoms with van der Waals surface area (Å²) < 4.78 is 0. The third-order valence-electron chi connectivity index (χ3n) is 5.80. The summed E-state index contributed by atoms with van der Waals surface area (Å²) in [4.78, 5) is 15.5. The Labute approximate surface area is 159 Å². The molecule has 0 radical (unpaired) electrons. The maximum Gasteiger partial charge on any atom is 0.108 e. The molecule has 0 spiro atoms. The second kappa shape index (κ2) is 6.78. The van der Waals surface area contributed by atoms with Gasteiger partial charge in [-0.1, -0.05) is 30.3 Å². The fourth-order valence-electron chi connectivity index (χ4n) is 4.26. The number of fused-ring (bicyclic) bond motifs is 2. The lowest BCUT2D eigenvalue weighted by molar-refractivity contribution is 0.271. The van der Waals surface area contributed by atoms with Crippen LogP contribution < -0.4 is 0 Å². The van der Waals surface area contributed by atoms with Gasteiger partial charge in [-0.15, -0.1) is 0 Å². The molecule has 136 valence electrons. The Morgan fingerprint density at radius 3 is 2.96 bits per heavy atom. The van der Waals surface area contributed by atoms with Crippen LogP contribution in [0.1, 0.15) is 25.6 Å². The van der Waals surface area contributed by atoms with Gasteiger partial charge in [-0.2, -0.15) is 0 Å². The number of hydrogen-bond donors (Lipinski definition) is 1. The van der Waals surface area contributed by atoms with Crippen LogP contribution in [0, 0.1) is 0 Å². The molecule has 4 nitrogen and oxygen atoms in total. The lowest BCUT2D eigenvalue weighted by Gasteiger charge is -2.19. The summed E-state index contributed by atoms with van der Waals surface area (Å²) >= 11 is 0. The van der Waals surface area contributed by atoms with Crippen molar-refractivity contribution in [3.8, 4) is 11.1 Å². The van der Waals surface area contributed by atoms with Crippen LogP contribution in [0.15, 0.2) is 54.7 Å². The van der Waals surface area contributed by atoms with Crippen molar-refractivity contribution in [2.75, 3.05) is 13.1 Å². The van der Waals surface area contributed by atoms with Gasteiger partial charge in [0, 0.05) is 36.2 Å². The number of imidazole rings is 1. The summed E-state index contributed by atoms with van der Waals surface area (Å²) in [5.74, 6) is 1.08. The van der Waals surface area contributed by atoms with Crippen LogP contribution >= 0.6 is 0 Å². The van der Waals surface area contributed by atoms with E-state index in [2.05, 4.69) is 64.3 Å². The summed E-state index contributed by atoms with van der Waals surface area (Å²) in [5, 5.41) is 1.17. The maximum atomic E-state index is 4.80. The van der Waals surface area contributed by atoms with E-state index in [1.165, 1.54) is 30.3 Å². The Morgan fingerprint density at radius 1 is 1.15 bits per heavy atom. The Hall–Kier alpha value is -2.72. The summed E-state index contributed by atoms with van der Waals surface area (Å²) in [7, 11) is 0. The van der Waals surface area contributed by atoms with Crippen LogP contribution in [0.5, 0.6) is 0 Å². The van der Waals surface area contributed by atoms with E-state index < -0.39 is 0 Å². The van der Waals surface area contributed by atoms with Gasteiger partial charge in [-0.3, -0.25) is 4.98 Å². The number of benzene rings is 2. The fourth-order valence-corrected chi connectivity index (χ4v) is 4.26. The first kappa shape index (κ1) is 16.5. The molecule has 1 saturated heterocycles. The zero-order valence-corrected chi connectivity index (χ0v) is 15.7. The lowest BCUT2D eigenvalue weighted by atomic mass is 10.0. The molecule has 4 heteroatoms. The number of rotatable bonds is 4. The number of likely N-dealkylation sites (tertiary alicyclic amines) is 1. The van der Waals surface area contributed by atoms with Gasteiger partial charge in [0.15, 0.2) is 0 Å². The second-order valence-electron chi connectivity index (χ2n) is 7.57. The quantitative estimate of drug-likeness (QED) is 0.571. The normalized spacial score (nSPS) is 17.9. The van der Waals surface area contributed by atoms with Crippen molar-refractivity contribution >= 4 is 21.9 Å². The van der Waals surface area contributed by atoms with Crippen molar-refractivity contribution in [3.05, 3.63) is 60.6 Å². The molecule has 1 unspecified atom stereocenters. The number of aromatic amines is 1. The highest BCUT2D eigenvalue weighted by Gasteiger charge is 2.20. The highest BCUT2D eigenvalue weighted by Crippen LogP contribution is 2.29. The third kappa shape index (κ3) is 3.10. The standard InChI is InChI=1S/C23H24N4/c1-16-5-4-13-27(16)14-11-22-25-20-10-9-18(15-21(20)26-22)19-8-2-6-17-7-3-12-24-23(17)19/h2-3,6-10,12,15-16H,4-5,11,13-14H2,1H3,(H,25,26). The first-order valence-corrected chi connectivity index (χ1v) is 9.85. The number of nitrogens with zero attached hydrogens (tertiary/aromatic N) is 3. The van der Waals surface area contributed by atoms with E-state index in [0.717, 1.165) is 40.9 Å². The predicted molar refractivity (Wildman–Crippen MR) is 111 cm³/mol. The molecular formula is C23H24N4. The molecule has 1 atom stereocenters. The first-order chi connectivity index (χ1) is 13.3. The summed E-state index contributed by atoms with van der Waals surface area (Å²) in [6, 6.07) is 17.6. The monoisotopic (exact) mass is 356 g/mol. The Kier molecular flexibility index (Phi) is 4.13. The van der Waals surface area contributed by atoms with Crippen molar-refractivity contribution < 1.29 is 0 Å². The minimum atomic E-state index is 0.708. The Morgan fingerprint density at radius 2 is 2.07 bits per heavy atom. The van der Waals surface area contributed by atoms with Crippen molar-refractivity contribution in [1.29, 1.82) is 0 Å². The van der Waals surface area contributed by atoms with Crippen molar-refractivity contribution in [3.63, 3.8) is 0 Å². The average molecular weight is 356 g/mol. The van der Waals surface area contributed by atoms with Gasteiger partial charge in [-0.25, -0.2) is 4.98 Å². The van der Waals surface area contributed by atoms with Gasteiger partial charge < -0.3 is 9.88 Å². The zero-order valence-electron chi connectivity index (χ0n) is 15.7. The molecule has 0 aliphatic carbocycles. The number of para-hydroxylation sites is 1. The molecule has 2 aromatic carbocycles. The molecule has 0 saturated carbocycles. The maximum absolute atomic E-state index is 4.80. The minimum Gasteiger partial charge on any atom is -0.342 e. The molecule has 2 aromatic heterocycles. The molecule has 1 N–H and O–H groups in total. The van der Waals surface area contributed by atoms with Gasteiger partial charge in [0.1, 0.15) is 5.82 Å². The van der Waals surface area contributed by atoms with E-state index >= 15 is 0 Å². The number of aromatic nitrogens is 3. The van der Waals surface area contributed by atoms with Crippen LogP contribution in [-0.2, 0) is 6.42 Å². The Balaban J connectivity index is 1.45. The zero-order chi connectivity index (χ0) is 18.2. The number of hydrogen-bond acceptors (Lipinski definition) is 3. The van der Waals surface area contributed by atoms with Crippen LogP contribution in [0.25, 0.3) is 33.1 Å². The van der Waals surface area contributed by atoms with Crippen LogP contribution in [-0.4, -0.2) is 39.0 Å².